The van der Waals surface area contributed by atoms with Gasteiger partial charge in [0.25, 0.3) is 5.91 Å². The third kappa shape index (κ3) is 3.68. The van der Waals surface area contributed by atoms with Gasteiger partial charge in [-0.05, 0) is 59.9 Å². The molecule has 0 aliphatic heterocycles. The average Bonchev–Trinajstić information content (AvgIpc) is 3.15. The molecule has 0 saturated heterocycles. The van der Waals surface area contributed by atoms with E-state index in [4.69, 9.17) is 5.11 Å². The van der Waals surface area contributed by atoms with Gasteiger partial charge in [-0.2, -0.15) is 0 Å². The molecule has 0 radical (unpaired) electrons. The molecule has 1 aliphatic rings. The maximum atomic E-state index is 12.2. The van der Waals surface area contributed by atoms with Crippen LogP contribution >= 0.6 is 22.6 Å². The summed E-state index contributed by atoms with van der Waals surface area (Å²) >= 11 is 2.15. The molecule has 102 valence electrons. The molecule has 1 aromatic carbocycles. The fourth-order valence-electron chi connectivity index (χ4n) is 2.09. The van der Waals surface area contributed by atoms with Crippen LogP contribution in [0.3, 0.4) is 0 Å². The van der Waals surface area contributed by atoms with E-state index in [1.165, 1.54) is 0 Å². The van der Waals surface area contributed by atoms with Gasteiger partial charge in [-0.25, -0.2) is 0 Å². The number of aryl methyl sites for hydroxylation is 1. The summed E-state index contributed by atoms with van der Waals surface area (Å²) < 4.78 is 0.919. The van der Waals surface area contributed by atoms with Gasteiger partial charge in [-0.1, -0.05) is 12.1 Å². The van der Waals surface area contributed by atoms with Crippen molar-refractivity contribution in [3.63, 3.8) is 0 Å². The van der Waals surface area contributed by atoms with E-state index >= 15 is 0 Å². The Morgan fingerprint density at radius 3 is 2.74 bits per heavy atom. The molecule has 1 aliphatic carbocycles. The number of aliphatic carboxylic acids is 1. The summed E-state index contributed by atoms with van der Waals surface area (Å²) in [6, 6.07) is 5.32. The number of hydrogen-bond donors (Lipinski definition) is 2. The quantitative estimate of drug-likeness (QED) is 0.780. The molecule has 2 N–H and O–H groups in total. The number of carboxylic acids is 1. The second-order valence-corrected chi connectivity index (χ2v) is 6.03. The number of carbonyl (C=O) groups is 2. The lowest BCUT2D eigenvalue weighted by atomic mass is 10.1. The molecule has 1 amide bonds. The van der Waals surface area contributed by atoms with Gasteiger partial charge in [0, 0.05) is 9.61 Å². The molecule has 0 bridgehead atoms. The van der Waals surface area contributed by atoms with E-state index in [1.54, 1.807) is 6.07 Å². The van der Waals surface area contributed by atoms with Crippen LogP contribution in [0.25, 0.3) is 0 Å². The SMILES string of the molecule is Cc1cccc(C(=O)NC(CC(=O)O)C2CC2)c1I. The first kappa shape index (κ1) is 14.3. The van der Waals surface area contributed by atoms with E-state index in [0.717, 1.165) is 22.0 Å². The maximum Gasteiger partial charge on any atom is 0.305 e. The van der Waals surface area contributed by atoms with Crippen molar-refractivity contribution in [1.82, 2.24) is 5.32 Å². The zero-order valence-electron chi connectivity index (χ0n) is 10.6. The number of halogens is 1. The third-order valence-electron chi connectivity index (χ3n) is 3.34. The van der Waals surface area contributed by atoms with Crippen LogP contribution in [0.2, 0.25) is 0 Å². The molecule has 1 atom stereocenters. The zero-order valence-corrected chi connectivity index (χ0v) is 12.8. The highest BCUT2D eigenvalue weighted by atomic mass is 127. The molecular formula is C14H16INO3. The molecule has 19 heavy (non-hydrogen) atoms. The van der Waals surface area contributed by atoms with Gasteiger partial charge in [0.1, 0.15) is 0 Å². The number of carbonyl (C=O) groups excluding carboxylic acids is 1. The highest BCUT2D eigenvalue weighted by Gasteiger charge is 2.34. The number of nitrogens with one attached hydrogen (secondary N) is 1. The highest BCUT2D eigenvalue weighted by molar-refractivity contribution is 14.1. The van der Waals surface area contributed by atoms with Crippen LogP contribution in [0.1, 0.15) is 35.2 Å². The standard InChI is InChI=1S/C14H16INO3/c1-8-3-2-4-10(13(8)15)14(19)16-11(7-12(17)18)9-5-6-9/h2-4,9,11H,5-7H2,1H3,(H,16,19)(H,17,18). The molecule has 1 unspecified atom stereocenters. The van der Waals surface area contributed by atoms with Gasteiger partial charge in [0.15, 0.2) is 0 Å². The Morgan fingerprint density at radius 2 is 2.16 bits per heavy atom. The monoisotopic (exact) mass is 373 g/mol. The minimum atomic E-state index is -0.865. The Balaban J connectivity index is 2.10. The van der Waals surface area contributed by atoms with Crippen molar-refractivity contribution in [3.8, 4) is 0 Å². The van der Waals surface area contributed by atoms with Gasteiger partial charge in [-0.3, -0.25) is 9.59 Å². The molecule has 0 spiro atoms. The summed E-state index contributed by atoms with van der Waals surface area (Å²) in [7, 11) is 0. The number of carboxylic acid groups (broad SMARTS) is 1. The van der Waals surface area contributed by atoms with Crippen molar-refractivity contribution in [1.29, 1.82) is 0 Å². The second kappa shape index (κ2) is 5.90. The first-order valence-electron chi connectivity index (χ1n) is 6.27. The van der Waals surface area contributed by atoms with Crippen LogP contribution in [-0.4, -0.2) is 23.0 Å². The minimum absolute atomic E-state index is 0.00119. The van der Waals surface area contributed by atoms with Crippen molar-refractivity contribution in [2.45, 2.75) is 32.2 Å². The molecule has 1 fully saturated rings. The number of amides is 1. The van der Waals surface area contributed by atoms with Crippen molar-refractivity contribution in [2.24, 2.45) is 5.92 Å². The van der Waals surface area contributed by atoms with Crippen molar-refractivity contribution >= 4 is 34.5 Å². The van der Waals surface area contributed by atoms with E-state index in [2.05, 4.69) is 27.9 Å². The van der Waals surface area contributed by atoms with Gasteiger partial charge in [0.05, 0.1) is 12.0 Å². The van der Waals surface area contributed by atoms with E-state index in [9.17, 15) is 9.59 Å². The van der Waals surface area contributed by atoms with E-state index in [-0.39, 0.29) is 18.4 Å². The molecule has 1 saturated carbocycles. The van der Waals surface area contributed by atoms with Crippen LogP contribution < -0.4 is 5.32 Å². The molecule has 2 rings (SSSR count). The Kier molecular flexibility index (Phi) is 4.44. The zero-order chi connectivity index (χ0) is 14.0. The molecule has 5 heteroatoms. The Labute approximate surface area is 125 Å². The molecule has 4 nitrogen and oxygen atoms in total. The van der Waals surface area contributed by atoms with Gasteiger partial charge < -0.3 is 10.4 Å². The molecule has 1 aromatic rings. The molecule has 0 heterocycles. The smallest absolute Gasteiger partial charge is 0.305 e. The summed E-state index contributed by atoms with van der Waals surface area (Å²) in [6.07, 6.45) is 2.01. The summed E-state index contributed by atoms with van der Waals surface area (Å²) in [5.74, 6) is -0.718. The Morgan fingerprint density at radius 1 is 1.47 bits per heavy atom. The fraction of sp³-hybridized carbons (Fsp3) is 0.429. The maximum absolute atomic E-state index is 12.2. The van der Waals surface area contributed by atoms with Gasteiger partial charge >= 0.3 is 5.97 Å². The average molecular weight is 373 g/mol. The van der Waals surface area contributed by atoms with Crippen LogP contribution in [0, 0.1) is 16.4 Å². The van der Waals surface area contributed by atoms with Crippen LogP contribution in [-0.2, 0) is 4.79 Å². The van der Waals surface area contributed by atoms with Crippen LogP contribution in [0.4, 0.5) is 0 Å². The van der Waals surface area contributed by atoms with Crippen LogP contribution in [0.15, 0.2) is 18.2 Å². The largest absolute Gasteiger partial charge is 0.481 e. The van der Waals surface area contributed by atoms with E-state index < -0.39 is 5.97 Å². The second-order valence-electron chi connectivity index (χ2n) is 4.95. The van der Waals surface area contributed by atoms with Crippen molar-refractivity contribution in [3.05, 3.63) is 32.9 Å². The number of hydrogen-bond acceptors (Lipinski definition) is 2. The molecule has 0 aromatic heterocycles. The summed E-state index contributed by atoms with van der Waals surface area (Å²) in [4.78, 5) is 23.1. The lowest BCUT2D eigenvalue weighted by Crippen LogP contribution is -2.38. The first-order valence-corrected chi connectivity index (χ1v) is 7.34. The van der Waals surface area contributed by atoms with Crippen molar-refractivity contribution in [2.75, 3.05) is 0 Å². The predicted octanol–water partition coefficient (Wildman–Crippen LogP) is 2.58. The third-order valence-corrected chi connectivity index (χ3v) is 4.77. The fourth-order valence-corrected chi connectivity index (χ4v) is 2.70. The molecular weight excluding hydrogens is 357 g/mol. The van der Waals surface area contributed by atoms with Crippen LogP contribution in [0.5, 0.6) is 0 Å². The topological polar surface area (TPSA) is 66.4 Å². The summed E-state index contributed by atoms with van der Waals surface area (Å²) in [6.45, 7) is 1.95. The summed E-state index contributed by atoms with van der Waals surface area (Å²) in [5, 5.41) is 11.8. The van der Waals surface area contributed by atoms with E-state index in [0.29, 0.717) is 11.5 Å². The lowest BCUT2D eigenvalue weighted by molar-refractivity contribution is -0.137. The number of benzene rings is 1. The van der Waals surface area contributed by atoms with Gasteiger partial charge in [0.2, 0.25) is 0 Å². The van der Waals surface area contributed by atoms with E-state index in [1.807, 2.05) is 19.1 Å². The minimum Gasteiger partial charge on any atom is -0.481 e. The van der Waals surface area contributed by atoms with Crippen molar-refractivity contribution < 1.29 is 14.7 Å². The summed E-state index contributed by atoms with van der Waals surface area (Å²) in [5.41, 5.74) is 1.67. The number of rotatable bonds is 5. The predicted molar refractivity (Wildman–Crippen MR) is 80.1 cm³/mol. The first-order chi connectivity index (χ1) is 8.99. The lowest BCUT2D eigenvalue weighted by Gasteiger charge is -2.17. The highest BCUT2D eigenvalue weighted by Crippen LogP contribution is 2.34. The van der Waals surface area contributed by atoms with Gasteiger partial charge in [-0.15, -0.1) is 0 Å². The Bertz CT molecular complexity index is 511. The Hall–Kier alpha value is -1.11. The normalized spacial score (nSPS) is 15.9.